The van der Waals surface area contributed by atoms with E-state index in [0.717, 1.165) is 12.8 Å². The minimum absolute atomic E-state index is 0.0791. The van der Waals surface area contributed by atoms with Gasteiger partial charge in [-0.25, -0.2) is 0 Å². The van der Waals surface area contributed by atoms with Gasteiger partial charge in [-0.05, 0) is 37.5 Å². The van der Waals surface area contributed by atoms with Gasteiger partial charge in [0.25, 0.3) is 0 Å². The smallest absolute Gasteiger partial charge is 0.247 e. The molecule has 1 saturated heterocycles. The van der Waals surface area contributed by atoms with Crippen molar-refractivity contribution in [2.45, 2.75) is 31.7 Å². The molecule has 7 heteroatoms. The maximum atomic E-state index is 12.5. The van der Waals surface area contributed by atoms with E-state index in [9.17, 15) is 9.59 Å². The van der Waals surface area contributed by atoms with Crippen LogP contribution in [0.15, 0.2) is 18.2 Å². The van der Waals surface area contributed by atoms with E-state index in [0.29, 0.717) is 28.7 Å². The fourth-order valence-electron chi connectivity index (χ4n) is 2.58. The van der Waals surface area contributed by atoms with E-state index in [1.165, 1.54) is 0 Å². The second kappa shape index (κ2) is 7.81. The molecular formula is C15H19Cl2N3O2. The standard InChI is InChI=1S/C15H19Cl2N3O2/c16-10-4-5-12(11(17)9-10)19-15(22)13-3-1-2-8-20(13)14(21)6-7-18/h4-5,9,13H,1-3,6-8,18H2,(H,19,22). The second-order valence-electron chi connectivity index (χ2n) is 5.25. The Morgan fingerprint density at radius 2 is 2.09 bits per heavy atom. The first-order valence-corrected chi connectivity index (χ1v) is 8.04. The quantitative estimate of drug-likeness (QED) is 0.882. The van der Waals surface area contributed by atoms with E-state index in [2.05, 4.69) is 5.32 Å². The zero-order valence-corrected chi connectivity index (χ0v) is 13.7. The number of anilines is 1. The Balaban J connectivity index is 2.10. The number of rotatable bonds is 4. The summed E-state index contributed by atoms with van der Waals surface area (Å²) in [6, 6.07) is 4.40. The van der Waals surface area contributed by atoms with Gasteiger partial charge in [0.2, 0.25) is 11.8 Å². The van der Waals surface area contributed by atoms with Crippen LogP contribution in [0.25, 0.3) is 0 Å². The number of likely N-dealkylation sites (tertiary alicyclic amines) is 1. The molecule has 1 aliphatic heterocycles. The van der Waals surface area contributed by atoms with Crippen LogP contribution in [0, 0.1) is 0 Å². The van der Waals surface area contributed by atoms with E-state index in [1.807, 2.05) is 0 Å². The van der Waals surface area contributed by atoms with Crippen LogP contribution >= 0.6 is 23.2 Å². The Morgan fingerprint density at radius 3 is 2.77 bits per heavy atom. The molecule has 1 unspecified atom stereocenters. The summed E-state index contributed by atoms with van der Waals surface area (Å²) >= 11 is 11.9. The van der Waals surface area contributed by atoms with E-state index in [1.54, 1.807) is 23.1 Å². The van der Waals surface area contributed by atoms with Crippen molar-refractivity contribution in [2.24, 2.45) is 5.73 Å². The van der Waals surface area contributed by atoms with Crippen LogP contribution in [0.2, 0.25) is 10.0 Å². The molecule has 1 fully saturated rings. The maximum absolute atomic E-state index is 12.5. The topological polar surface area (TPSA) is 75.4 Å². The predicted molar refractivity (Wildman–Crippen MR) is 88.1 cm³/mol. The van der Waals surface area contributed by atoms with Crippen molar-refractivity contribution in [1.82, 2.24) is 4.90 Å². The van der Waals surface area contributed by atoms with E-state index < -0.39 is 6.04 Å². The van der Waals surface area contributed by atoms with Gasteiger partial charge in [-0.3, -0.25) is 9.59 Å². The fraction of sp³-hybridized carbons (Fsp3) is 0.467. The van der Waals surface area contributed by atoms with Gasteiger partial charge < -0.3 is 16.0 Å². The van der Waals surface area contributed by atoms with Gasteiger partial charge in [-0.2, -0.15) is 0 Å². The van der Waals surface area contributed by atoms with Crippen molar-refractivity contribution in [3.8, 4) is 0 Å². The summed E-state index contributed by atoms with van der Waals surface area (Å²) in [6.45, 7) is 0.873. The number of nitrogens with zero attached hydrogens (tertiary/aromatic N) is 1. The van der Waals surface area contributed by atoms with Crippen molar-refractivity contribution < 1.29 is 9.59 Å². The number of nitrogens with one attached hydrogen (secondary N) is 1. The molecule has 1 heterocycles. The molecule has 0 saturated carbocycles. The monoisotopic (exact) mass is 343 g/mol. The Morgan fingerprint density at radius 1 is 1.32 bits per heavy atom. The number of carbonyl (C=O) groups excluding carboxylic acids is 2. The van der Waals surface area contributed by atoms with Crippen molar-refractivity contribution in [2.75, 3.05) is 18.4 Å². The first kappa shape index (κ1) is 17.1. The van der Waals surface area contributed by atoms with Gasteiger partial charge in [-0.15, -0.1) is 0 Å². The summed E-state index contributed by atoms with van der Waals surface area (Å²) in [4.78, 5) is 26.2. The molecule has 0 aromatic heterocycles. The SMILES string of the molecule is NCCC(=O)N1CCCCC1C(=O)Nc1ccc(Cl)cc1Cl. The molecule has 1 aliphatic rings. The third kappa shape index (κ3) is 4.12. The van der Waals surface area contributed by atoms with E-state index in [4.69, 9.17) is 28.9 Å². The van der Waals surface area contributed by atoms with Crippen LogP contribution in [0.5, 0.6) is 0 Å². The summed E-state index contributed by atoms with van der Waals surface area (Å²) in [5.41, 5.74) is 5.93. The Kier molecular flexibility index (Phi) is 6.06. The van der Waals surface area contributed by atoms with Crippen molar-refractivity contribution in [3.63, 3.8) is 0 Å². The van der Waals surface area contributed by atoms with Crippen LogP contribution in [0.4, 0.5) is 5.69 Å². The minimum atomic E-state index is -0.473. The summed E-state index contributed by atoms with van der Waals surface area (Å²) in [6.07, 6.45) is 2.72. The number of hydrogen-bond acceptors (Lipinski definition) is 3. The second-order valence-corrected chi connectivity index (χ2v) is 6.09. The first-order valence-electron chi connectivity index (χ1n) is 7.28. The zero-order chi connectivity index (χ0) is 16.1. The highest BCUT2D eigenvalue weighted by Crippen LogP contribution is 2.27. The molecule has 2 rings (SSSR count). The Labute approximate surface area is 139 Å². The highest BCUT2D eigenvalue weighted by molar-refractivity contribution is 6.36. The van der Waals surface area contributed by atoms with E-state index >= 15 is 0 Å². The summed E-state index contributed by atoms with van der Waals surface area (Å²) in [5.74, 6) is -0.307. The highest BCUT2D eigenvalue weighted by Gasteiger charge is 2.31. The third-order valence-electron chi connectivity index (χ3n) is 3.67. The molecular weight excluding hydrogens is 325 g/mol. The molecule has 0 radical (unpaired) electrons. The lowest BCUT2D eigenvalue weighted by molar-refractivity contribution is -0.140. The van der Waals surface area contributed by atoms with Gasteiger partial charge in [-0.1, -0.05) is 23.2 Å². The van der Waals surface area contributed by atoms with Gasteiger partial charge in [0.1, 0.15) is 6.04 Å². The van der Waals surface area contributed by atoms with E-state index in [-0.39, 0.29) is 24.8 Å². The van der Waals surface area contributed by atoms with Crippen LogP contribution in [0.1, 0.15) is 25.7 Å². The highest BCUT2D eigenvalue weighted by atomic mass is 35.5. The first-order chi connectivity index (χ1) is 10.5. The van der Waals surface area contributed by atoms with Gasteiger partial charge >= 0.3 is 0 Å². The largest absolute Gasteiger partial charge is 0.331 e. The minimum Gasteiger partial charge on any atom is -0.331 e. The van der Waals surface area contributed by atoms with Gasteiger partial charge in [0.05, 0.1) is 10.7 Å². The summed E-state index contributed by atoms with van der Waals surface area (Å²) < 4.78 is 0. The summed E-state index contributed by atoms with van der Waals surface area (Å²) in [5, 5.41) is 3.65. The predicted octanol–water partition coefficient (Wildman–Crippen LogP) is 2.66. The van der Waals surface area contributed by atoms with Crippen LogP contribution < -0.4 is 11.1 Å². The molecule has 2 amide bonds. The molecule has 0 spiro atoms. The van der Waals surface area contributed by atoms with Crippen molar-refractivity contribution in [3.05, 3.63) is 28.2 Å². The number of benzene rings is 1. The number of nitrogens with two attached hydrogens (primary N) is 1. The fourth-order valence-corrected chi connectivity index (χ4v) is 3.03. The molecule has 0 aliphatic carbocycles. The van der Waals surface area contributed by atoms with Crippen LogP contribution in [-0.2, 0) is 9.59 Å². The maximum Gasteiger partial charge on any atom is 0.247 e. The van der Waals surface area contributed by atoms with Crippen molar-refractivity contribution >= 4 is 40.7 Å². The Bertz CT molecular complexity index is 566. The Hall–Kier alpha value is -1.30. The number of amides is 2. The number of carbonyl (C=O) groups is 2. The van der Waals surface area contributed by atoms with Gasteiger partial charge in [0.15, 0.2) is 0 Å². The molecule has 22 heavy (non-hydrogen) atoms. The number of hydrogen-bond donors (Lipinski definition) is 2. The zero-order valence-electron chi connectivity index (χ0n) is 12.1. The lowest BCUT2D eigenvalue weighted by Gasteiger charge is -2.34. The molecule has 120 valence electrons. The molecule has 3 N–H and O–H groups in total. The molecule has 1 atom stereocenters. The average molecular weight is 344 g/mol. The molecule has 5 nitrogen and oxygen atoms in total. The molecule has 1 aromatic rings. The number of halogens is 2. The van der Waals surface area contributed by atoms with Gasteiger partial charge in [0, 0.05) is 24.5 Å². The molecule has 1 aromatic carbocycles. The van der Waals surface area contributed by atoms with Crippen LogP contribution in [0.3, 0.4) is 0 Å². The average Bonchev–Trinajstić information content (AvgIpc) is 2.50. The number of piperidine rings is 1. The lowest BCUT2D eigenvalue weighted by Crippen LogP contribution is -2.50. The third-order valence-corrected chi connectivity index (χ3v) is 4.22. The normalized spacial score (nSPS) is 18.1. The molecule has 0 bridgehead atoms. The van der Waals surface area contributed by atoms with Crippen molar-refractivity contribution in [1.29, 1.82) is 0 Å². The lowest BCUT2D eigenvalue weighted by atomic mass is 10.0. The van der Waals surface area contributed by atoms with Crippen LogP contribution in [-0.4, -0.2) is 35.8 Å². The summed E-state index contributed by atoms with van der Waals surface area (Å²) in [7, 11) is 0.